The number of ether oxygens (including phenoxy) is 2. The van der Waals surface area contributed by atoms with Gasteiger partial charge in [0.25, 0.3) is 0 Å². The third kappa shape index (κ3) is 7.32. The Balaban J connectivity index is 1.36. The molecule has 4 rings (SSSR count). The van der Waals surface area contributed by atoms with E-state index >= 15 is 0 Å². The SMILES string of the molecule is CC(=O)C[C@@H](c1ccc(OCc2cccc(C3=CCN(C(=O)OC(C)(C)C)CC3)c2)cc1)c1ccon1. The molecule has 0 saturated carbocycles. The lowest BCUT2D eigenvalue weighted by molar-refractivity contribution is -0.117. The van der Waals surface area contributed by atoms with Gasteiger partial charge in [0.05, 0.1) is 5.69 Å². The molecule has 1 aliphatic rings. The maximum atomic E-state index is 12.3. The van der Waals surface area contributed by atoms with Gasteiger partial charge in [0.15, 0.2) is 0 Å². The van der Waals surface area contributed by atoms with Gasteiger partial charge >= 0.3 is 6.09 Å². The number of Topliss-reactive ketones (excluding diaryl/α,β-unsaturated/α-hetero) is 1. The third-order valence-electron chi connectivity index (χ3n) is 6.15. The lowest BCUT2D eigenvalue weighted by Gasteiger charge is -2.29. The molecule has 7 heteroatoms. The fraction of sp³-hybridized carbons (Fsp3) is 0.367. The minimum absolute atomic E-state index is 0.0961. The van der Waals surface area contributed by atoms with Crippen molar-refractivity contribution in [3.05, 3.63) is 89.3 Å². The largest absolute Gasteiger partial charge is 0.489 e. The van der Waals surface area contributed by atoms with Crippen LogP contribution in [0.2, 0.25) is 0 Å². The molecule has 194 valence electrons. The van der Waals surface area contributed by atoms with Crippen molar-refractivity contribution in [1.29, 1.82) is 0 Å². The Hall–Kier alpha value is -3.87. The average molecular weight is 503 g/mol. The van der Waals surface area contributed by atoms with E-state index in [0.717, 1.165) is 34.6 Å². The second-order valence-electron chi connectivity index (χ2n) is 10.3. The predicted molar refractivity (Wildman–Crippen MR) is 141 cm³/mol. The Morgan fingerprint density at radius 1 is 1.11 bits per heavy atom. The van der Waals surface area contributed by atoms with E-state index in [0.29, 0.717) is 26.1 Å². The van der Waals surface area contributed by atoms with E-state index in [9.17, 15) is 9.59 Å². The molecule has 1 aromatic heterocycles. The number of benzene rings is 2. The number of amides is 1. The first-order chi connectivity index (χ1) is 17.7. The number of aromatic nitrogens is 1. The summed E-state index contributed by atoms with van der Waals surface area (Å²) in [6, 6.07) is 17.9. The van der Waals surface area contributed by atoms with Crippen LogP contribution in [-0.4, -0.2) is 40.6 Å². The minimum atomic E-state index is -0.497. The molecule has 0 spiro atoms. The molecule has 0 bridgehead atoms. The summed E-state index contributed by atoms with van der Waals surface area (Å²) in [7, 11) is 0. The molecule has 0 aliphatic carbocycles. The number of ketones is 1. The van der Waals surface area contributed by atoms with Crippen molar-refractivity contribution in [3.63, 3.8) is 0 Å². The van der Waals surface area contributed by atoms with Gasteiger partial charge in [-0.3, -0.25) is 4.79 Å². The first-order valence-electron chi connectivity index (χ1n) is 12.6. The summed E-state index contributed by atoms with van der Waals surface area (Å²) in [5.74, 6) is 0.705. The Labute approximate surface area is 218 Å². The maximum absolute atomic E-state index is 12.3. The Morgan fingerprint density at radius 3 is 2.51 bits per heavy atom. The summed E-state index contributed by atoms with van der Waals surface area (Å²) in [6.07, 6.45) is 4.49. The molecule has 0 saturated heterocycles. The fourth-order valence-electron chi connectivity index (χ4n) is 4.33. The number of rotatable bonds is 8. The Bertz CT molecular complexity index is 1240. The van der Waals surface area contributed by atoms with Gasteiger partial charge in [-0.05, 0) is 74.6 Å². The van der Waals surface area contributed by atoms with E-state index in [1.165, 1.54) is 11.8 Å². The van der Waals surface area contributed by atoms with Gasteiger partial charge in [0.2, 0.25) is 0 Å². The van der Waals surface area contributed by atoms with Crippen LogP contribution in [0.4, 0.5) is 4.79 Å². The van der Waals surface area contributed by atoms with E-state index in [4.69, 9.17) is 14.0 Å². The summed E-state index contributed by atoms with van der Waals surface area (Å²) in [5, 5.41) is 4.03. The minimum Gasteiger partial charge on any atom is -0.489 e. The van der Waals surface area contributed by atoms with Crippen LogP contribution in [0.1, 0.15) is 68.8 Å². The van der Waals surface area contributed by atoms with Gasteiger partial charge in [-0.25, -0.2) is 4.79 Å². The number of carbonyl (C=O) groups excluding carboxylic acids is 2. The van der Waals surface area contributed by atoms with E-state index in [1.54, 1.807) is 17.9 Å². The summed E-state index contributed by atoms with van der Waals surface area (Å²) in [5.41, 5.74) is 4.66. The molecule has 0 fully saturated rings. The molecule has 0 N–H and O–H groups in total. The highest BCUT2D eigenvalue weighted by Gasteiger charge is 2.24. The van der Waals surface area contributed by atoms with Crippen LogP contribution in [0.5, 0.6) is 5.75 Å². The zero-order valence-electron chi connectivity index (χ0n) is 21.9. The highest BCUT2D eigenvalue weighted by atomic mass is 16.6. The second kappa shape index (κ2) is 11.5. The predicted octanol–water partition coefficient (Wildman–Crippen LogP) is 6.39. The highest BCUT2D eigenvalue weighted by molar-refractivity contribution is 5.77. The number of nitrogens with zero attached hydrogens (tertiary/aromatic N) is 2. The van der Waals surface area contributed by atoms with Gasteiger partial charge in [-0.1, -0.05) is 41.6 Å². The van der Waals surface area contributed by atoms with Gasteiger partial charge in [0.1, 0.15) is 30.0 Å². The van der Waals surface area contributed by atoms with Crippen LogP contribution in [0.25, 0.3) is 5.57 Å². The zero-order valence-corrected chi connectivity index (χ0v) is 21.9. The molecular formula is C30H34N2O5. The summed E-state index contributed by atoms with van der Waals surface area (Å²) >= 11 is 0. The third-order valence-corrected chi connectivity index (χ3v) is 6.15. The zero-order chi connectivity index (χ0) is 26.4. The Morgan fingerprint density at radius 2 is 1.89 bits per heavy atom. The van der Waals surface area contributed by atoms with E-state index in [1.807, 2.05) is 57.2 Å². The molecule has 1 aliphatic heterocycles. The standard InChI is InChI=1S/C30H34N2O5/c1-21(33)18-27(28-14-17-36-31-28)24-8-10-26(11-9-24)35-20-22-6-5-7-25(19-22)23-12-15-32(16-13-23)29(34)37-30(2,3)4/h5-12,14,17,19,27H,13,15-16,18,20H2,1-4H3/t27-/m0/s1. The fourth-order valence-corrected chi connectivity index (χ4v) is 4.33. The molecular weight excluding hydrogens is 468 g/mol. The van der Waals surface area contributed by atoms with Crippen molar-refractivity contribution in [2.75, 3.05) is 13.1 Å². The van der Waals surface area contributed by atoms with Crippen molar-refractivity contribution in [1.82, 2.24) is 10.1 Å². The second-order valence-corrected chi connectivity index (χ2v) is 10.3. The van der Waals surface area contributed by atoms with Gasteiger partial charge in [-0.15, -0.1) is 0 Å². The first-order valence-corrected chi connectivity index (χ1v) is 12.6. The van der Waals surface area contributed by atoms with Crippen LogP contribution in [0.15, 0.2) is 71.5 Å². The van der Waals surface area contributed by atoms with E-state index in [-0.39, 0.29) is 17.8 Å². The van der Waals surface area contributed by atoms with Crippen LogP contribution >= 0.6 is 0 Å². The molecule has 7 nitrogen and oxygen atoms in total. The van der Waals surface area contributed by atoms with Crippen LogP contribution in [0.3, 0.4) is 0 Å². The Kier molecular flexibility index (Phi) is 8.11. The monoisotopic (exact) mass is 502 g/mol. The van der Waals surface area contributed by atoms with Crippen molar-refractivity contribution >= 4 is 17.4 Å². The molecule has 1 atom stereocenters. The number of hydrogen-bond acceptors (Lipinski definition) is 6. The normalized spacial score (nSPS) is 14.6. The number of carbonyl (C=O) groups is 2. The highest BCUT2D eigenvalue weighted by Crippen LogP contribution is 2.29. The quantitative estimate of drug-likeness (QED) is 0.355. The topological polar surface area (TPSA) is 81.9 Å². The average Bonchev–Trinajstić information content (AvgIpc) is 3.40. The van der Waals surface area contributed by atoms with E-state index < -0.39 is 5.60 Å². The van der Waals surface area contributed by atoms with Crippen molar-refractivity contribution in [2.24, 2.45) is 0 Å². The van der Waals surface area contributed by atoms with Crippen LogP contribution in [-0.2, 0) is 16.1 Å². The molecule has 3 aromatic rings. The summed E-state index contributed by atoms with van der Waals surface area (Å²) < 4.78 is 16.5. The molecule has 0 radical (unpaired) electrons. The molecule has 2 heterocycles. The lowest BCUT2D eigenvalue weighted by Crippen LogP contribution is -2.39. The number of hydrogen-bond donors (Lipinski definition) is 0. The summed E-state index contributed by atoms with van der Waals surface area (Å²) in [4.78, 5) is 25.8. The molecule has 1 amide bonds. The van der Waals surface area contributed by atoms with Crippen molar-refractivity contribution < 1.29 is 23.6 Å². The molecule has 0 unspecified atom stereocenters. The maximum Gasteiger partial charge on any atom is 0.410 e. The molecule has 37 heavy (non-hydrogen) atoms. The first kappa shape index (κ1) is 26.2. The van der Waals surface area contributed by atoms with Gasteiger partial charge in [0, 0.05) is 31.5 Å². The lowest BCUT2D eigenvalue weighted by atomic mass is 9.91. The van der Waals surface area contributed by atoms with Gasteiger partial charge in [-0.2, -0.15) is 0 Å². The van der Waals surface area contributed by atoms with Crippen LogP contribution < -0.4 is 4.74 Å². The molecule has 2 aromatic carbocycles. The summed E-state index contributed by atoms with van der Waals surface area (Å²) in [6.45, 7) is 8.82. The van der Waals surface area contributed by atoms with Crippen LogP contribution in [0, 0.1) is 0 Å². The smallest absolute Gasteiger partial charge is 0.410 e. The van der Waals surface area contributed by atoms with Crippen molar-refractivity contribution in [2.45, 2.75) is 58.7 Å². The van der Waals surface area contributed by atoms with Gasteiger partial charge < -0.3 is 18.9 Å². The van der Waals surface area contributed by atoms with Crippen molar-refractivity contribution in [3.8, 4) is 5.75 Å². The van der Waals surface area contributed by atoms with E-state index in [2.05, 4.69) is 23.4 Å².